The minimum Gasteiger partial charge on any atom is -0.462 e. The molecule has 0 amide bonds. The number of esters is 3. The number of hydrogen-bond acceptors (Lipinski definition) is 6. The van der Waals surface area contributed by atoms with Gasteiger partial charge in [-0.2, -0.15) is 0 Å². The van der Waals surface area contributed by atoms with Gasteiger partial charge in [0.15, 0.2) is 6.10 Å². The summed E-state index contributed by atoms with van der Waals surface area (Å²) in [5, 5.41) is 0. The zero-order valence-electron chi connectivity index (χ0n) is 56.0. The maximum Gasteiger partial charge on any atom is 0.306 e. The van der Waals surface area contributed by atoms with Crippen LogP contribution in [0.1, 0.15) is 406 Å². The van der Waals surface area contributed by atoms with E-state index in [1.54, 1.807) is 0 Å². The monoisotopic (exact) mass is 1160 g/mol. The molecule has 0 heterocycles. The average molecular weight is 1160 g/mol. The Morgan fingerprint density at radius 2 is 0.470 bits per heavy atom. The molecule has 0 aromatic heterocycles. The molecule has 0 saturated heterocycles. The van der Waals surface area contributed by atoms with Gasteiger partial charge in [0.25, 0.3) is 0 Å². The zero-order chi connectivity index (χ0) is 59.9. The molecule has 0 aliphatic carbocycles. The SMILES string of the molecule is CC/C=C\C/C=C\C/C=C\C/C=C\CCCCC(=O)OCC(COC(=O)CCCCCCCCCCCCCCCCCCCCCCCCCCCCCCCC)OC(=O)CCCCCCCCCCCCCCCCCCCCCC. The molecule has 0 N–H and O–H groups in total. The third-order valence-corrected chi connectivity index (χ3v) is 16.8. The maximum absolute atomic E-state index is 13.0. The van der Waals surface area contributed by atoms with Crippen LogP contribution in [0.4, 0.5) is 0 Å². The second kappa shape index (κ2) is 71.8. The van der Waals surface area contributed by atoms with Crippen molar-refractivity contribution in [1.82, 2.24) is 0 Å². The quantitative estimate of drug-likeness (QED) is 0.0261. The van der Waals surface area contributed by atoms with E-state index in [0.29, 0.717) is 19.3 Å². The van der Waals surface area contributed by atoms with Crippen molar-refractivity contribution in [3.63, 3.8) is 0 Å². The van der Waals surface area contributed by atoms with Crippen LogP contribution >= 0.6 is 0 Å². The van der Waals surface area contributed by atoms with Crippen LogP contribution in [0, 0.1) is 0 Å². The van der Waals surface area contributed by atoms with Gasteiger partial charge in [0.2, 0.25) is 0 Å². The number of unbranched alkanes of at least 4 members (excludes halogenated alkanes) is 50. The molecule has 6 heteroatoms. The highest BCUT2D eigenvalue weighted by Gasteiger charge is 2.19. The number of hydrogen-bond donors (Lipinski definition) is 0. The molecule has 1 unspecified atom stereocenters. The number of ether oxygens (including phenoxy) is 3. The minimum absolute atomic E-state index is 0.0808. The van der Waals surface area contributed by atoms with Gasteiger partial charge in [-0.1, -0.05) is 378 Å². The summed E-state index contributed by atoms with van der Waals surface area (Å²) in [5.74, 6) is -0.895. The molecule has 0 aliphatic heterocycles. The van der Waals surface area contributed by atoms with Gasteiger partial charge in [-0.05, 0) is 57.8 Å². The van der Waals surface area contributed by atoms with Crippen LogP contribution in [-0.4, -0.2) is 37.2 Å². The Hall–Kier alpha value is -2.63. The first-order chi connectivity index (χ1) is 41.0. The Bertz CT molecular complexity index is 1430. The first kappa shape index (κ1) is 80.4. The van der Waals surface area contributed by atoms with Gasteiger partial charge < -0.3 is 14.2 Å². The first-order valence-electron chi connectivity index (χ1n) is 37.1. The molecule has 83 heavy (non-hydrogen) atoms. The molecule has 6 nitrogen and oxygen atoms in total. The van der Waals surface area contributed by atoms with Crippen molar-refractivity contribution in [2.24, 2.45) is 0 Å². The highest BCUT2D eigenvalue weighted by molar-refractivity contribution is 5.71. The molecule has 0 radical (unpaired) electrons. The Morgan fingerprint density at radius 3 is 0.735 bits per heavy atom. The van der Waals surface area contributed by atoms with E-state index in [-0.39, 0.29) is 31.1 Å². The van der Waals surface area contributed by atoms with Crippen molar-refractivity contribution >= 4 is 17.9 Å². The van der Waals surface area contributed by atoms with E-state index in [2.05, 4.69) is 69.4 Å². The van der Waals surface area contributed by atoms with Crippen LogP contribution in [0.15, 0.2) is 48.6 Å². The van der Waals surface area contributed by atoms with Gasteiger partial charge >= 0.3 is 17.9 Å². The summed E-state index contributed by atoms with van der Waals surface area (Å²) in [6.45, 7) is 6.57. The molecule has 1 atom stereocenters. The minimum atomic E-state index is -0.789. The molecule has 0 aromatic carbocycles. The van der Waals surface area contributed by atoms with E-state index in [0.717, 1.165) is 83.5 Å². The van der Waals surface area contributed by atoms with Crippen LogP contribution < -0.4 is 0 Å². The third-order valence-electron chi connectivity index (χ3n) is 16.8. The lowest BCUT2D eigenvalue weighted by Gasteiger charge is -2.18. The van der Waals surface area contributed by atoms with E-state index in [1.165, 1.54) is 283 Å². The number of allylic oxidation sites excluding steroid dienone is 8. The van der Waals surface area contributed by atoms with Crippen molar-refractivity contribution in [3.05, 3.63) is 48.6 Å². The summed E-state index contributed by atoms with van der Waals surface area (Å²) in [4.78, 5) is 38.5. The third kappa shape index (κ3) is 70.0. The zero-order valence-corrected chi connectivity index (χ0v) is 56.0. The van der Waals surface area contributed by atoms with Crippen LogP contribution in [0.5, 0.6) is 0 Å². The average Bonchev–Trinajstić information content (AvgIpc) is 3.49. The van der Waals surface area contributed by atoms with Gasteiger partial charge in [-0.15, -0.1) is 0 Å². The molecule has 0 saturated carbocycles. The van der Waals surface area contributed by atoms with E-state index in [4.69, 9.17) is 14.2 Å². The number of rotatable bonds is 69. The molecular weight excluding hydrogens is 1020 g/mol. The topological polar surface area (TPSA) is 78.9 Å². The van der Waals surface area contributed by atoms with Gasteiger partial charge in [0.05, 0.1) is 0 Å². The fraction of sp³-hybridized carbons (Fsp3) is 0.857. The van der Waals surface area contributed by atoms with Crippen molar-refractivity contribution in [1.29, 1.82) is 0 Å². The van der Waals surface area contributed by atoms with Crippen LogP contribution in [0.25, 0.3) is 0 Å². The fourth-order valence-electron chi connectivity index (χ4n) is 11.3. The summed E-state index contributed by atoms with van der Waals surface area (Å²) in [7, 11) is 0. The summed E-state index contributed by atoms with van der Waals surface area (Å²) in [5.41, 5.74) is 0. The lowest BCUT2D eigenvalue weighted by atomic mass is 10.0. The van der Waals surface area contributed by atoms with Gasteiger partial charge in [0.1, 0.15) is 13.2 Å². The molecule has 0 aromatic rings. The maximum atomic E-state index is 13.0. The second-order valence-corrected chi connectivity index (χ2v) is 25.2. The number of carbonyl (C=O) groups is 3. The van der Waals surface area contributed by atoms with E-state index < -0.39 is 6.10 Å². The lowest BCUT2D eigenvalue weighted by Crippen LogP contribution is -2.30. The first-order valence-corrected chi connectivity index (χ1v) is 37.1. The largest absolute Gasteiger partial charge is 0.462 e. The highest BCUT2D eigenvalue weighted by Crippen LogP contribution is 2.19. The van der Waals surface area contributed by atoms with Crippen molar-refractivity contribution < 1.29 is 28.6 Å². The smallest absolute Gasteiger partial charge is 0.306 e. The van der Waals surface area contributed by atoms with Crippen molar-refractivity contribution in [2.45, 2.75) is 412 Å². The molecule has 0 aliphatic rings. The fourth-order valence-corrected chi connectivity index (χ4v) is 11.3. The molecule has 0 spiro atoms. The molecular formula is C77H142O6. The van der Waals surface area contributed by atoms with E-state index in [1.807, 2.05) is 0 Å². The van der Waals surface area contributed by atoms with Crippen molar-refractivity contribution in [2.75, 3.05) is 13.2 Å². The Morgan fingerprint density at radius 1 is 0.253 bits per heavy atom. The highest BCUT2D eigenvalue weighted by atomic mass is 16.6. The summed E-state index contributed by atoms with van der Waals surface area (Å²) in [6, 6.07) is 0. The van der Waals surface area contributed by atoms with Gasteiger partial charge in [-0.25, -0.2) is 0 Å². The summed E-state index contributed by atoms with van der Waals surface area (Å²) < 4.78 is 17.0. The van der Waals surface area contributed by atoms with Gasteiger partial charge in [0, 0.05) is 19.3 Å². The molecule has 0 fully saturated rings. The van der Waals surface area contributed by atoms with E-state index >= 15 is 0 Å². The standard InChI is InChI=1S/C77H142O6/c1-4-7-10-13-16-19-22-25-28-30-32-34-35-36-37-38-39-40-41-42-43-45-46-49-52-55-58-61-64-67-70-76(79)82-73-74(72-81-75(78)69-66-63-60-57-54-51-48-27-24-21-18-15-12-9-6-3)83-77(80)71-68-65-62-59-56-53-50-47-44-33-31-29-26-23-20-17-14-11-8-5-2/h9,12,18,21,27,48,54,57,74H,4-8,10-11,13-17,19-20,22-26,28-47,49-53,55-56,58-73H2,1-3H3/b12-9-,21-18-,48-27-,57-54-. The summed E-state index contributed by atoms with van der Waals surface area (Å²) >= 11 is 0. The predicted octanol–water partition coefficient (Wildman–Crippen LogP) is 25.7. The Balaban J connectivity index is 4.21. The Labute approximate surface area is 518 Å². The number of carbonyl (C=O) groups excluding carboxylic acids is 3. The van der Waals surface area contributed by atoms with Crippen LogP contribution in [0.3, 0.4) is 0 Å². The normalized spacial score (nSPS) is 12.3. The molecule has 0 bridgehead atoms. The lowest BCUT2D eigenvalue weighted by molar-refractivity contribution is -0.167. The van der Waals surface area contributed by atoms with Crippen molar-refractivity contribution in [3.8, 4) is 0 Å². The predicted molar refractivity (Wildman–Crippen MR) is 362 cm³/mol. The Kier molecular flexibility index (Phi) is 69.6. The molecule has 486 valence electrons. The van der Waals surface area contributed by atoms with E-state index in [9.17, 15) is 14.4 Å². The van der Waals surface area contributed by atoms with Crippen LogP contribution in [-0.2, 0) is 28.6 Å². The van der Waals surface area contributed by atoms with Gasteiger partial charge in [-0.3, -0.25) is 14.4 Å². The second-order valence-electron chi connectivity index (χ2n) is 25.2. The summed E-state index contributed by atoms with van der Waals surface area (Å²) in [6.07, 6.45) is 91.7. The van der Waals surface area contributed by atoms with Crippen LogP contribution in [0.2, 0.25) is 0 Å². The molecule has 0 rings (SSSR count).